The maximum absolute atomic E-state index is 10.2. The molecule has 0 unspecified atom stereocenters. The molecule has 0 bridgehead atoms. The first-order valence-electron chi connectivity index (χ1n) is 5.98. The van der Waals surface area contributed by atoms with Crippen molar-refractivity contribution in [1.82, 2.24) is 5.32 Å². The third-order valence-electron chi connectivity index (χ3n) is 2.56. The number of carbonyl (C=O) groups is 1. The first kappa shape index (κ1) is 15.0. The third kappa shape index (κ3) is 5.44. The Labute approximate surface area is 112 Å². The van der Waals surface area contributed by atoms with Crippen LogP contribution >= 0.6 is 0 Å². The molecule has 0 aliphatic rings. The van der Waals surface area contributed by atoms with Gasteiger partial charge in [0.25, 0.3) is 0 Å². The van der Waals surface area contributed by atoms with E-state index in [1.807, 2.05) is 18.2 Å². The highest BCUT2D eigenvalue weighted by Gasteiger charge is 2.03. The molecule has 1 aromatic rings. The summed E-state index contributed by atoms with van der Waals surface area (Å²) in [5, 5.41) is 11.5. The fourth-order valence-corrected chi connectivity index (χ4v) is 1.61. The average Bonchev–Trinajstić information content (AvgIpc) is 2.42. The Morgan fingerprint density at radius 1 is 1.32 bits per heavy atom. The van der Waals surface area contributed by atoms with Gasteiger partial charge in [0, 0.05) is 12.6 Å². The minimum absolute atomic E-state index is 0.541. The van der Waals surface area contributed by atoms with Crippen LogP contribution in [0.3, 0.4) is 0 Å². The lowest BCUT2D eigenvalue weighted by Gasteiger charge is -2.09. The van der Waals surface area contributed by atoms with Crippen LogP contribution in [0.25, 0.3) is 0 Å². The van der Waals surface area contributed by atoms with E-state index in [1.54, 1.807) is 20.3 Å². The maximum Gasteiger partial charge on any atom is 0.328 e. The minimum Gasteiger partial charge on any atom is -0.493 e. The predicted molar refractivity (Wildman–Crippen MR) is 72.9 cm³/mol. The van der Waals surface area contributed by atoms with Crippen LogP contribution < -0.4 is 14.8 Å². The van der Waals surface area contributed by atoms with E-state index in [0.29, 0.717) is 18.0 Å². The van der Waals surface area contributed by atoms with Gasteiger partial charge >= 0.3 is 5.97 Å². The lowest BCUT2D eigenvalue weighted by molar-refractivity contribution is -0.131. The van der Waals surface area contributed by atoms with E-state index in [-0.39, 0.29) is 0 Å². The zero-order chi connectivity index (χ0) is 14.1. The van der Waals surface area contributed by atoms with Crippen molar-refractivity contribution in [2.45, 2.75) is 6.42 Å². The van der Waals surface area contributed by atoms with Crippen LogP contribution in [0, 0.1) is 0 Å². The second kappa shape index (κ2) is 8.16. The molecule has 1 aromatic carbocycles. The molecule has 5 nitrogen and oxygen atoms in total. The Hall–Kier alpha value is -2.01. The van der Waals surface area contributed by atoms with Crippen LogP contribution in [0.1, 0.15) is 5.56 Å². The van der Waals surface area contributed by atoms with Gasteiger partial charge in [0.2, 0.25) is 0 Å². The second-order valence-electron chi connectivity index (χ2n) is 3.88. The van der Waals surface area contributed by atoms with E-state index in [9.17, 15) is 4.79 Å². The van der Waals surface area contributed by atoms with Crippen LogP contribution in [0.4, 0.5) is 0 Å². The molecule has 0 spiro atoms. The number of hydrogen-bond donors (Lipinski definition) is 2. The van der Waals surface area contributed by atoms with Gasteiger partial charge < -0.3 is 19.9 Å². The highest BCUT2D eigenvalue weighted by molar-refractivity contribution is 5.79. The van der Waals surface area contributed by atoms with Crippen molar-refractivity contribution in [2.24, 2.45) is 0 Å². The summed E-state index contributed by atoms with van der Waals surface area (Å²) in [6.45, 7) is 1.30. The molecule has 104 valence electrons. The molecular formula is C14H19NO4. The summed E-state index contributed by atoms with van der Waals surface area (Å²) in [5.74, 6) is 0.496. The highest BCUT2D eigenvalue weighted by Crippen LogP contribution is 2.27. The van der Waals surface area contributed by atoms with Gasteiger partial charge in [-0.2, -0.15) is 0 Å². The van der Waals surface area contributed by atoms with Gasteiger partial charge in [-0.3, -0.25) is 0 Å². The lowest BCUT2D eigenvalue weighted by atomic mass is 10.1. The summed E-state index contributed by atoms with van der Waals surface area (Å²) >= 11 is 0. The smallest absolute Gasteiger partial charge is 0.328 e. The van der Waals surface area contributed by atoms with Crippen LogP contribution in [0.5, 0.6) is 11.5 Å². The predicted octanol–water partition coefficient (Wildman–Crippen LogP) is 1.48. The number of aliphatic carboxylic acids is 1. The molecule has 0 saturated heterocycles. The summed E-state index contributed by atoms with van der Waals surface area (Å²) < 4.78 is 10.4. The molecule has 2 N–H and O–H groups in total. The Kier molecular flexibility index (Phi) is 6.46. The van der Waals surface area contributed by atoms with Gasteiger partial charge in [0.05, 0.1) is 14.2 Å². The molecule has 0 fully saturated rings. The normalized spacial score (nSPS) is 10.6. The van der Waals surface area contributed by atoms with Crippen molar-refractivity contribution in [2.75, 3.05) is 27.3 Å². The molecule has 19 heavy (non-hydrogen) atoms. The van der Waals surface area contributed by atoms with E-state index in [1.165, 1.54) is 0 Å². The Bertz CT molecular complexity index is 443. The van der Waals surface area contributed by atoms with Crippen molar-refractivity contribution in [3.8, 4) is 11.5 Å². The Balaban J connectivity index is 2.39. The topological polar surface area (TPSA) is 67.8 Å². The van der Waals surface area contributed by atoms with Crippen LogP contribution in [0.2, 0.25) is 0 Å². The van der Waals surface area contributed by atoms with E-state index >= 15 is 0 Å². The summed E-state index contributed by atoms with van der Waals surface area (Å²) in [6.07, 6.45) is 3.54. The monoisotopic (exact) mass is 265 g/mol. The standard InChI is InChI=1S/C14H19NO4/c1-18-12-6-5-11(10-13(12)19-2)7-9-15-8-3-4-14(16)17/h3-6,10,15H,7-9H2,1-2H3,(H,16,17)/b4-3+. The molecule has 0 saturated carbocycles. The Morgan fingerprint density at radius 3 is 2.68 bits per heavy atom. The van der Waals surface area contributed by atoms with Crippen LogP contribution in [-0.2, 0) is 11.2 Å². The molecule has 0 radical (unpaired) electrons. The van der Waals surface area contributed by atoms with E-state index in [2.05, 4.69) is 5.32 Å². The molecule has 0 amide bonds. The van der Waals surface area contributed by atoms with Crippen LogP contribution in [0.15, 0.2) is 30.4 Å². The molecule has 0 heterocycles. The van der Waals surface area contributed by atoms with Gasteiger partial charge in [-0.05, 0) is 30.7 Å². The van der Waals surface area contributed by atoms with Gasteiger partial charge in [0.1, 0.15) is 0 Å². The van der Waals surface area contributed by atoms with E-state index < -0.39 is 5.97 Å². The largest absolute Gasteiger partial charge is 0.493 e. The van der Waals surface area contributed by atoms with Crippen molar-refractivity contribution in [3.63, 3.8) is 0 Å². The van der Waals surface area contributed by atoms with Gasteiger partial charge in [-0.15, -0.1) is 0 Å². The van der Waals surface area contributed by atoms with E-state index in [4.69, 9.17) is 14.6 Å². The summed E-state index contributed by atoms with van der Waals surface area (Å²) in [5.41, 5.74) is 1.13. The van der Waals surface area contributed by atoms with Crippen molar-refractivity contribution in [1.29, 1.82) is 0 Å². The fourth-order valence-electron chi connectivity index (χ4n) is 1.61. The molecule has 0 atom stereocenters. The summed E-state index contributed by atoms with van der Waals surface area (Å²) in [7, 11) is 3.21. The number of carboxylic acid groups (broad SMARTS) is 1. The average molecular weight is 265 g/mol. The minimum atomic E-state index is -0.929. The highest BCUT2D eigenvalue weighted by atomic mass is 16.5. The molecule has 0 aromatic heterocycles. The zero-order valence-corrected chi connectivity index (χ0v) is 11.2. The second-order valence-corrected chi connectivity index (χ2v) is 3.88. The number of methoxy groups -OCH3 is 2. The van der Waals surface area contributed by atoms with E-state index in [0.717, 1.165) is 24.6 Å². The molecule has 0 aliphatic carbocycles. The SMILES string of the molecule is COc1ccc(CCNC/C=C/C(=O)O)cc1OC. The lowest BCUT2D eigenvalue weighted by Crippen LogP contribution is -2.17. The quantitative estimate of drug-likeness (QED) is 0.550. The molecule has 5 heteroatoms. The van der Waals surface area contributed by atoms with Gasteiger partial charge in [-0.25, -0.2) is 4.79 Å². The molecular weight excluding hydrogens is 246 g/mol. The van der Waals surface area contributed by atoms with Gasteiger partial charge in [-0.1, -0.05) is 12.1 Å². The third-order valence-corrected chi connectivity index (χ3v) is 2.56. The van der Waals surface area contributed by atoms with Crippen molar-refractivity contribution in [3.05, 3.63) is 35.9 Å². The number of carboxylic acids is 1. The summed E-state index contributed by atoms with van der Waals surface area (Å²) in [4.78, 5) is 10.2. The fraction of sp³-hybridized carbons (Fsp3) is 0.357. The number of nitrogens with one attached hydrogen (secondary N) is 1. The van der Waals surface area contributed by atoms with Crippen LogP contribution in [-0.4, -0.2) is 38.4 Å². The van der Waals surface area contributed by atoms with Crippen molar-refractivity contribution >= 4 is 5.97 Å². The summed E-state index contributed by atoms with van der Waals surface area (Å²) in [6, 6.07) is 5.79. The molecule has 1 rings (SSSR count). The zero-order valence-electron chi connectivity index (χ0n) is 11.2. The number of ether oxygens (including phenoxy) is 2. The first-order valence-corrected chi connectivity index (χ1v) is 5.98. The number of rotatable bonds is 8. The molecule has 0 aliphatic heterocycles. The first-order chi connectivity index (χ1) is 9.17. The number of benzene rings is 1. The Morgan fingerprint density at radius 2 is 2.05 bits per heavy atom. The van der Waals surface area contributed by atoms with Crippen molar-refractivity contribution < 1.29 is 19.4 Å². The van der Waals surface area contributed by atoms with Gasteiger partial charge in [0.15, 0.2) is 11.5 Å². The number of hydrogen-bond acceptors (Lipinski definition) is 4. The maximum atomic E-state index is 10.2.